The van der Waals surface area contributed by atoms with Crippen molar-refractivity contribution in [3.05, 3.63) is 98.5 Å². The molecule has 0 saturated heterocycles. The van der Waals surface area contributed by atoms with Crippen LogP contribution in [0.5, 0.6) is 5.75 Å². The van der Waals surface area contributed by atoms with Gasteiger partial charge < -0.3 is 4.74 Å². The molecule has 0 unspecified atom stereocenters. The molecule has 0 spiro atoms. The first-order chi connectivity index (χ1) is 13.6. The van der Waals surface area contributed by atoms with Crippen molar-refractivity contribution in [2.75, 3.05) is 0 Å². The number of benzene rings is 3. The average Bonchev–Trinajstić information content (AvgIpc) is 3.14. The van der Waals surface area contributed by atoms with Gasteiger partial charge in [-0.25, -0.2) is 5.01 Å². The van der Waals surface area contributed by atoms with Gasteiger partial charge in [0.25, 0.3) is 0 Å². The summed E-state index contributed by atoms with van der Waals surface area (Å²) in [5.41, 5.74) is 4.04. The van der Waals surface area contributed by atoms with Crippen molar-refractivity contribution in [2.45, 2.75) is 18.7 Å². The summed E-state index contributed by atoms with van der Waals surface area (Å²) in [5.74, 6) is 0.822. The second kappa shape index (κ2) is 7.00. The van der Waals surface area contributed by atoms with E-state index in [9.17, 15) is 0 Å². The highest BCUT2D eigenvalue weighted by Crippen LogP contribution is 2.48. The van der Waals surface area contributed by atoms with Gasteiger partial charge in [-0.3, -0.25) is 0 Å². The Hall–Kier alpha value is -2.20. The van der Waals surface area contributed by atoms with Crippen LogP contribution in [0.3, 0.4) is 0 Å². The summed E-state index contributed by atoms with van der Waals surface area (Å²) in [6.45, 7) is 0. The van der Waals surface area contributed by atoms with Crippen LogP contribution in [-0.2, 0) is 0 Å². The molecule has 2 atom stereocenters. The van der Waals surface area contributed by atoms with Gasteiger partial charge in [0.15, 0.2) is 0 Å². The molecule has 0 aromatic heterocycles. The number of rotatable bonds is 2. The standard InChI is InChI=1S/C22H15Cl3N2O/c23-15-6-4-13(5-7-15)19-12-20-18-11-17(25)8-9-21(18)28-22(27(20)26-19)14-2-1-3-16(24)10-14/h1-11,20,22H,12H2/t20-,22+/m1/s1. The van der Waals surface area contributed by atoms with Crippen LogP contribution in [0, 0.1) is 0 Å². The van der Waals surface area contributed by atoms with E-state index in [1.807, 2.05) is 71.7 Å². The van der Waals surface area contributed by atoms with Crippen molar-refractivity contribution < 1.29 is 4.74 Å². The predicted octanol–water partition coefficient (Wildman–Crippen LogP) is 6.89. The van der Waals surface area contributed by atoms with Crippen molar-refractivity contribution in [1.29, 1.82) is 0 Å². The molecule has 0 bridgehead atoms. The Balaban J connectivity index is 1.61. The Labute approximate surface area is 178 Å². The van der Waals surface area contributed by atoms with E-state index in [1.165, 1.54) is 0 Å². The molecule has 0 fully saturated rings. The molecule has 0 saturated carbocycles. The minimum atomic E-state index is -0.359. The largest absolute Gasteiger partial charge is 0.464 e. The van der Waals surface area contributed by atoms with Gasteiger partial charge in [0, 0.05) is 32.6 Å². The zero-order valence-electron chi connectivity index (χ0n) is 14.6. The maximum atomic E-state index is 6.33. The SMILES string of the molecule is Clc1ccc(C2=NN3[C@H](C2)c2cc(Cl)ccc2O[C@H]3c2cccc(Cl)c2)cc1. The molecule has 140 valence electrons. The summed E-state index contributed by atoms with van der Waals surface area (Å²) in [4.78, 5) is 0. The number of fused-ring (bicyclic) bond motifs is 3. The third-order valence-electron chi connectivity index (χ3n) is 5.06. The van der Waals surface area contributed by atoms with Gasteiger partial charge >= 0.3 is 0 Å². The normalized spacial score (nSPS) is 20.2. The maximum absolute atomic E-state index is 6.33. The Morgan fingerprint density at radius 2 is 1.61 bits per heavy atom. The summed E-state index contributed by atoms with van der Waals surface area (Å²) in [6.07, 6.45) is 0.400. The molecule has 0 N–H and O–H groups in total. The number of hydrogen-bond donors (Lipinski definition) is 0. The molecule has 2 heterocycles. The zero-order valence-corrected chi connectivity index (χ0v) is 16.9. The van der Waals surface area contributed by atoms with E-state index in [0.717, 1.165) is 34.6 Å². The van der Waals surface area contributed by atoms with E-state index < -0.39 is 0 Å². The highest BCUT2D eigenvalue weighted by Gasteiger charge is 2.41. The van der Waals surface area contributed by atoms with E-state index in [1.54, 1.807) is 0 Å². The molecule has 5 rings (SSSR count). The Kier molecular flexibility index (Phi) is 4.47. The summed E-state index contributed by atoms with van der Waals surface area (Å²) in [7, 11) is 0. The van der Waals surface area contributed by atoms with Crippen molar-refractivity contribution in [3.63, 3.8) is 0 Å². The van der Waals surface area contributed by atoms with Crippen LogP contribution in [0.2, 0.25) is 15.1 Å². The molecule has 3 aromatic carbocycles. The average molecular weight is 430 g/mol. The topological polar surface area (TPSA) is 24.8 Å². The number of ether oxygens (including phenoxy) is 1. The van der Waals surface area contributed by atoms with E-state index >= 15 is 0 Å². The molecule has 0 amide bonds. The predicted molar refractivity (Wildman–Crippen MR) is 113 cm³/mol. The molecular weight excluding hydrogens is 415 g/mol. The second-order valence-electron chi connectivity index (χ2n) is 6.86. The maximum Gasteiger partial charge on any atom is 0.213 e. The molecule has 6 heteroatoms. The second-order valence-corrected chi connectivity index (χ2v) is 8.17. The van der Waals surface area contributed by atoms with Crippen molar-refractivity contribution in [3.8, 4) is 5.75 Å². The van der Waals surface area contributed by atoms with Gasteiger partial charge in [-0.05, 0) is 48.0 Å². The van der Waals surface area contributed by atoms with Crippen molar-refractivity contribution in [2.24, 2.45) is 5.10 Å². The molecule has 0 aliphatic carbocycles. The lowest BCUT2D eigenvalue weighted by Gasteiger charge is -2.38. The molecule has 0 radical (unpaired) electrons. The molecule has 3 aromatic rings. The number of hydrogen-bond acceptors (Lipinski definition) is 3. The van der Waals surface area contributed by atoms with Crippen LogP contribution in [-0.4, -0.2) is 10.7 Å². The van der Waals surface area contributed by atoms with E-state index in [2.05, 4.69) is 0 Å². The Morgan fingerprint density at radius 1 is 0.857 bits per heavy atom. The minimum absolute atomic E-state index is 0.0390. The first-order valence-corrected chi connectivity index (χ1v) is 10.1. The first kappa shape index (κ1) is 17.9. The van der Waals surface area contributed by atoms with Gasteiger partial charge in [-0.15, -0.1) is 0 Å². The first-order valence-electron chi connectivity index (χ1n) is 8.92. The van der Waals surface area contributed by atoms with Gasteiger partial charge in [0.05, 0.1) is 11.8 Å². The summed E-state index contributed by atoms with van der Waals surface area (Å²) >= 11 is 18.5. The fourth-order valence-corrected chi connectivity index (χ4v) is 4.26. The zero-order chi connectivity index (χ0) is 19.3. The van der Waals surface area contributed by atoms with Crippen LogP contribution in [0.4, 0.5) is 0 Å². The van der Waals surface area contributed by atoms with Crippen LogP contribution in [0.15, 0.2) is 71.8 Å². The summed E-state index contributed by atoms with van der Waals surface area (Å²) in [5, 5.41) is 8.99. The van der Waals surface area contributed by atoms with E-state index in [4.69, 9.17) is 44.6 Å². The fourth-order valence-electron chi connectivity index (χ4n) is 3.76. The van der Waals surface area contributed by atoms with Gasteiger partial charge in [0.1, 0.15) is 5.75 Å². The third-order valence-corrected chi connectivity index (χ3v) is 5.79. The van der Waals surface area contributed by atoms with Crippen LogP contribution in [0.1, 0.15) is 35.4 Å². The van der Waals surface area contributed by atoms with E-state index in [-0.39, 0.29) is 12.3 Å². The Morgan fingerprint density at radius 3 is 2.39 bits per heavy atom. The van der Waals surface area contributed by atoms with Gasteiger partial charge in [-0.1, -0.05) is 59.1 Å². The Bertz CT molecular complexity index is 1080. The quantitative estimate of drug-likeness (QED) is 0.443. The molecular formula is C22H15Cl3N2O. The van der Waals surface area contributed by atoms with Crippen LogP contribution < -0.4 is 4.74 Å². The molecule has 2 aliphatic heterocycles. The number of hydrazone groups is 1. The summed E-state index contributed by atoms with van der Waals surface area (Å²) in [6, 6.07) is 21.2. The van der Waals surface area contributed by atoms with Crippen molar-refractivity contribution >= 4 is 40.5 Å². The lowest BCUT2D eigenvalue weighted by molar-refractivity contribution is -0.0190. The molecule has 28 heavy (non-hydrogen) atoms. The van der Waals surface area contributed by atoms with Gasteiger partial charge in [0.2, 0.25) is 6.23 Å². The monoisotopic (exact) mass is 428 g/mol. The van der Waals surface area contributed by atoms with E-state index in [0.29, 0.717) is 15.1 Å². The number of halogens is 3. The van der Waals surface area contributed by atoms with Gasteiger partial charge in [-0.2, -0.15) is 5.10 Å². The smallest absolute Gasteiger partial charge is 0.213 e. The lowest BCUT2D eigenvalue weighted by Crippen LogP contribution is -2.33. The highest BCUT2D eigenvalue weighted by atomic mass is 35.5. The van der Waals surface area contributed by atoms with Crippen LogP contribution >= 0.6 is 34.8 Å². The van der Waals surface area contributed by atoms with Crippen molar-refractivity contribution in [1.82, 2.24) is 5.01 Å². The third kappa shape index (κ3) is 3.14. The lowest BCUT2D eigenvalue weighted by atomic mass is 9.96. The van der Waals surface area contributed by atoms with Crippen LogP contribution in [0.25, 0.3) is 0 Å². The fraction of sp³-hybridized carbons (Fsp3) is 0.136. The molecule has 3 nitrogen and oxygen atoms in total. The molecule has 2 aliphatic rings. The summed E-state index contributed by atoms with van der Waals surface area (Å²) < 4.78 is 6.33. The number of nitrogens with zero attached hydrogens (tertiary/aromatic N) is 2. The highest BCUT2D eigenvalue weighted by molar-refractivity contribution is 6.31. The minimum Gasteiger partial charge on any atom is -0.464 e.